The van der Waals surface area contributed by atoms with Crippen molar-refractivity contribution >= 4 is 52.1 Å². The number of para-hydroxylation sites is 1. The lowest BCUT2D eigenvalue weighted by Gasteiger charge is -2.12. The minimum Gasteiger partial charge on any atom is -0.342 e. The third kappa shape index (κ3) is 4.87. The number of fused-ring (bicyclic) bond motifs is 1. The molecular weight excluding hydrogens is 476 g/mol. The van der Waals surface area contributed by atoms with Crippen LogP contribution in [0.4, 0.5) is 10.5 Å². The van der Waals surface area contributed by atoms with Crippen LogP contribution < -0.4 is 10.6 Å². The van der Waals surface area contributed by atoms with Gasteiger partial charge in [-0.3, -0.25) is 9.59 Å². The van der Waals surface area contributed by atoms with Gasteiger partial charge in [-0.05, 0) is 54.5 Å². The van der Waals surface area contributed by atoms with Crippen molar-refractivity contribution in [2.24, 2.45) is 0 Å². The number of imide groups is 1. The summed E-state index contributed by atoms with van der Waals surface area (Å²) in [5, 5.41) is 6.95. The fourth-order valence-electron chi connectivity index (χ4n) is 4.25. The molecule has 1 aliphatic rings. The van der Waals surface area contributed by atoms with Gasteiger partial charge in [-0.15, -0.1) is 0 Å². The maximum Gasteiger partial charge on any atom is 0.329 e. The first kappa shape index (κ1) is 23.4. The summed E-state index contributed by atoms with van der Waals surface area (Å²) in [4.78, 5) is 38.9. The van der Waals surface area contributed by atoms with Crippen LogP contribution in [0, 0.1) is 6.92 Å². The molecule has 36 heavy (non-hydrogen) atoms. The maximum atomic E-state index is 13.0. The summed E-state index contributed by atoms with van der Waals surface area (Å²) in [6, 6.07) is 22.2. The first-order chi connectivity index (χ1) is 17.4. The van der Waals surface area contributed by atoms with E-state index in [-0.39, 0.29) is 12.2 Å². The van der Waals surface area contributed by atoms with Crippen molar-refractivity contribution in [3.05, 3.63) is 106 Å². The van der Waals surface area contributed by atoms with Crippen molar-refractivity contribution in [3.63, 3.8) is 0 Å². The van der Waals surface area contributed by atoms with Gasteiger partial charge in [-0.25, -0.2) is 9.69 Å². The predicted octanol–water partition coefficient (Wildman–Crippen LogP) is 5.18. The fraction of sp³-hybridized carbons (Fsp3) is 0.107. The van der Waals surface area contributed by atoms with E-state index in [0.29, 0.717) is 17.3 Å². The molecule has 0 radical (unpaired) electrons. The van der Waals surface area contributed by atoms with E-state index in [1.165, 1.54) is 0 Å². The molecule has 0 atom stereocenters. The Hall–Kier alpha value is -4.36. The van der Waals surface area contributed by atoms with Gasteiger partial charge in [0.25, 0.3) is 5.91 Å². The van der Waals surface area contributed by atoms with E-state index in [9.17, 15) is 14.4 Å². The van der Waals surface area contributed by atoms with E-state index < -0.39 is 17.8 Å². The molecule has 2 N–H and O–H groups in total. The molecule has 4 aromatic rings. The van der Waals surface area contributed by atoms with Gasteiger partial charge in [0.2, 0.25) is 5.91 Å². The number of benzene rings is 3. The number of aromatic nitrogens is 1. The number of amides is 4. The summed E-state index contributed by atoms with van der Waals surface area (Å²) in [6.45, 7) is 2.15. The molecule has 1 fully saturated rings. The highest BCUT2D eigenvalue weighted by atomic mass is 35.5. The molecule has 0 aliphatic carbocycles. The third-order valence-corrected chi connectivity index (χ3v) is 6.20. The number of carbonyl (C=O) groups excluding carboxylic acids is 3. The Labute approximate surface area is 213 Å². The highest BCUT2D eigenvalue weighted by molar-refractivity contribution is 6.30. The number of anilines is 1. The van der Waals surface area contributed by atoms with E-state index in [0.717, 1.165) is 32.5 Å². The largest absolute Gasteiger partial charge is 0.342 e. The summed E-state index contributed by atoms with van der Waals surface area (Å²) in [5.74, 6) is -1.00. The van der Waals surface area contributed by atoms with Crippen LogP contribution >= 0.6 is 11.6 Å². The van der Waals surface area contributed by atoms with Gasteiger partial charge < -0.3 is 15.2 Å². The number of aryl methyl sites for hydroxylation is 1. The van der Waals surface area contributed by atoms with E-state index in [2.05, 4.69) is 15.2 Å². The third-order valence-electron chi connectivity index (χ3n) is 5.95. The molecule has 1 saturated heterocycles. The zero-order valence-corrected chi connectivity index (χ0v) is 20.3. The van der Waals surface area contributed by atoms with Gasteiger partial charge in [0.1, 0.15) is 12.2 Å². The number of urea groups is 1. The topological polar surface area (TPSA) is 83.4 Å². The molecule has 0 bridgehead atoms. The lowest BCUT2D eigenvalue weighted by molar-refractivity contribution is -0.127. The average Bonchev–Trinajstić information content (AvgIpc) is 3.32. The Kier molecular flexibility index (Phi) is 6.31. The molecule has 3 aromatic carbocycles. The minimum atomic E-state index is -0.629. The smallest absolute Gasteiger partial charge is 0.329 e. The first-order valence-electron chi connectivity index (χ1n) is 11.4. The Morgan fingerprint density at radius 2 is 1.81 bits per heavy atom. The molecule has 0 unspecified atom stereocenters. The van der Waals surface area contributed by atoms with Crippen LogP contribution in [0.25, 0.3) is 17.0 Å². The van der Waals surface area contributed by atoms with Gasteiger partial charge in [0.05, 0.1) is 0 Å². The minimum absolute atomic E-state index is 0.123. The number of hydrogen-bond donors (Lipinski definition) is 2. The number of nitrogens with zero attached hydrogens (tertiary/aromatic N) is 2. The predicted molar refractivity (Wildman–Crippen MR) is 141 cm³/mol. The molecule has 0 spiro atoms. The van der Waals surface area contributed by atoms with Crippen LogP contribution in [0.15, 0.2) is 84.7 Å². The lowest BCUT2D eigenvalue weighted by Crippen LogP contribution is -2.38. The monoisotopic (exact) mass is 498 g/mol. The van der Waals surface area contributed by atoms with Crippen LogP contribution in [0.1, 0.15) is 16.7 Å². The lowest BCUT2D eigenvalue weighted by atomic mass is 10.1. The summed E-state index contributed by atoms with van der Waals surface area (Å²) < 4.78 is 2.08. The van der Waals surface area contributed by atoms with Gasteiger partial charge in [-0.1, -0.05) is 54.1 Å². The molecule has 2 heterocycles. The zero-order valence-electron chi connectivity index (χ0n) is 19.5. The molecule has 0 saturated carbocycles. The zero-order chi connectivity index (χ0) is 25.2. The van der Waals surface area contributed by atoms with Crippen molar-refractivity contribution in [3.8, 4) is 0 Å². The highest BCUT2D eigenvalue weighted by Gasteiger charge is 2.35. The Morgan fingerprint density at radius 1 is 1.03 bits per heavy atom. The molecule has 1 aliphatic heterocycles. The summed E-state index contributed by atoms with van der Waals surface area (Å²) in [7, 11) is 0. The van der Waals surface area contributed by atoms with Crippen molar-refractivity contribution < 1.29 is 14.4 Å². The summed E-state index contributed by atoms with van der Waals surface area (Å²) in [5.41, 5.74) is 4.58. The molecule has 4 amide bonds. The Balaban J connectivity index is 1.37. The van der Waals surface area contributed by atoms with E-state index >= 15 is 0 Å². The SMILES string of the molecule is Cc1cccc(NC(=O)CN2C(=O)N/C(=C/c3cn(Cc4ccc(Cl)cc4)c4ccccc34)C2=O)c1. The van der Waals surface area contributed by atoms with E-state index in [4.69, 9.17) is 11.6 Å². The molecule has 180 valence electrons. The number of carbonyl (C=O) groups is 3. The van der Waals surface area contributed by atoms with E-state index in [1.807, 2.05) is 79.9 Å². The average molecular weight is 499 g/mol. The van der Waals surface area contributed by atoms with E-state index in [1.54, 1.807) is 12.1 Å². The molecule has 5 rings (SSSR count). The summed E-state index contributed by atoms with van der Waals surface area (Å²) in [6.07, 6.45) is 3.60. The number of nitrogens with one attached hydrogen (secondary N) is 2. The molecule has 7 nitrogen and oxygen atoms in total. The second-order valence-electron chi connectivity index (χ2n) is 8.65. The number of rotatable bonds is 6. The highest BCUT2D eigenvalue weighted by Crippen LogP contribution is 2.26. The van der Waals surface area contributed by atoms with Crippen molar-refractivity contribution in [2.75, 3.05) is 11.9 Å². The Bertz CT molecular complexity index is 1520. The fourth-order valence-corrected chi connectivity index (χ4v) is 4.37. The van der Waals surface area contributed by atoms with Crippen LogP contribution in [0.2, 0.25) is 5.02 Å². The first-order valence-corrected chi connectivity index (χ1v) is 11.8. The van der Waals surface area contributed by atoms with Crippen LogP contribution in [-0.2, 0) is 16.1 Å². The Morgan fingerprint density at radius 3 is 2.58 bits per heavy atom. The van der Waals surface area contributed by atoms with Crippen LogP contribution in [0.5, 0.6) is 0 Å². The van der Waals surface area contributed by atoms with Crippen molar-refractivity contribution in [1.29, 1.82) is 0 Å². The molecular formula is C28H23ClN4O3. The summed E-state index contributed by atoms with van der Waals surface area (Å²) >= 11 is 6.01. The van der Waals surface area contributed by atoms with Gasteiger partial charge >= 0.3 is 6.03 Å². The standard InChI is InChI=1S/C28H23ClN4O3/c1-18-5-4-6-22(13-18)30-26(34)17-33-27(35)24(31-28(33)36)14-20-16-32(25-8-3-2-7-23(20)25)15-19-9-11-21(29)12-10-19/h2-14,16H,15,17H2,1H3,(H,30,34)(H,31,36)/b24-14+. The maximum absolute atomic E-state index is 13.0. The normalized spacial score (nSPS) is 14.5. The quantitative estimate of drug-likeness (QED) is 0.284. The van der Waals surface area contributed by atoms with Crippen LogP contribution in [0.3, 0.4) is 0 Å². The second kappa shape index (κ2) is 9.71. The van der Waals surface area contributed by atoms with Gasteiger partial charge in [0.15, 0.2) is 0 Å². The number of halogens is 1. The second-order valence-corrected chi connectivity index (χ2v) is 9.09. The number of hydrogen-bond acceptors (Lipinski definition) is 3. The van der Waals surface area contributed by atoms with Crippen molar-refractivity contribution in [2.45, 2.75) is 13.5 Å². The van der Waals surface area contributed by atoms with Crippen LogP contribution in [-0.4, -0.2) is 33.9 Å². The van der Waals surface area contributed by atoms with Gasteiger partial charge in [-0.2, -0.15) is 0 Å². The van der Waals surface area contributed by atoms with Crippen molar-refractivity contribution in [1.82, 2.24) is 14.8 Å². The van der Waals surface area contributed by atoms with Gasteiger partial charge in [0, 0.05) is 39.9 Å². The molecule has 8 heteroatoms. The molecule has 1 aromatic heterocycles.